The van der Waals surface area contributed by atoms with Crippen molar-refractivity contribution >= 4 is 23.2 Å². The summed E-state index contributed by atoms with van der Waals surface area (Å²) in [6.07, 6.45) is 0.680. The number of nitrogens with zero attached hydrogens (tertiary/aromatic N) is 3. The molecule has 0 aromatic carbocycles. The van der Waals surface area contributed by atoms with E-state index in [0.717, 1.165) is 11.3 Å². The van der Waals surface area contributed by atoms with Gasteiger partial charge in [-0.1, -0.05) is 11.6 Å². The van der Waals surface area contributed by atoms with Gasteiger partial charge in [0.25, 0.3) is 0 Å². The number of carboxylic acids is 1. The molecule has 17 heavy (non-hydrogen) atoms. The maximum Gasteiger partial charge on any atom is 0.356 e. The van der Waals surface area contributed by atoms with Crippen molar-refractivity contribution in [3.63, 3.8) is 0 Å². The largest absolute Gasteiger partial charge is 0.476 e. The lowest BCUT2D eigenvalue weighted by Crippen LogP contribution is -2.14. The van der Waals surface area contributed by atoms with Crippen molar-refractivity contribution in [1.29, 1.82) is 0 Å². The second-order valence-corrected chi connectivity index (χ2v) is 4.09. The van der Waals surface area contributed by atoms with Crippen LogP contribution in [-0.2, 0) is 17.8 Å². The van der Waals surface area contributed by atoms with Gasteiger partial charge in [-0.2, -0.15) is 5.10 Å². The molecule has 1 aliphatic heterocycles. The second-order valence-electron chi connectivity index (χ2n) is 3.74. The molecule has 0 atom stereocenters. The molecule has 6 nitrogen and oxygen atoms in total. The zero-order valence-electron chi connectivity index (χ0n) is 8.68. The average Bonchev–Trinajstić information content (AvgIpc) is 2.74. The van der Waals surface area contributed by atoms with Crippen molar-refractivity contribution in [2.75, 3.05) is 6.61 Å². The molecule has 0 spiro atoms. The third kappa shape index (κ3) is 1.57. The van der Waals surface area contributed by atoms with Crippen LogP contribution in [0.5, 0.6) is 0 Å². The van der Waals surface area contributed by atoms with Crippen LogP contribution in [0, 0.1) is 0 Å². The van der Waals surface area contributed by atoms with Gasteiger partial charge in [0, 0.05) is 18.1 Å². The highest BCUT2D eigenvalue weighted by atomic mass is 35.5. The van der Waals surface area contributed by atoms with Crippen LogP contribution in [0.1, 0.15) is 21.7 Å². The highest BCUT2D eigenvalue weighted by Crippen LogP contribution is 2.24. The number of rotatable bonds is 1. The summed E-state index contributed by atoms with van der Waals surface area (Å²) >= 11 is 6.17. The van der Waals surface area contributed by atoms with E-state index < -0.39 is 5.97 Å². The lowest BCUT2D eigenvalue weighted by atomic mass is 10.1. The minimum atomic E-state index is -1.10. The molecular formula is C10H8ClN3O3. The van der Waals surface area contributed by atoms with E-state index in [1.165, 1.54) is 10.6 Å². The Balaban J connectivity index is 2.28. The van der Waals surface area contributed by atoms with Crippen molar-refractivity contribution in [1.82, 2.24) is 14.6 Å². The van der Waals surface area contributed by atoms with Crippen LogP contribution in [0.15, 0.2) is 6.07 Å². The van der Waals surface area contributed by atoms with E-state index in [-0.39, 0.29) is 5.69 Å². The van der Waals surface area contributed by atoms with Crippen molar-refractivity contribution in [3.8, 4) is 0 Å². The molecule has 0 saturated carbocycles. The second kappa shape index (κ2) is 3.68. The maximum atomic E-state index is 10.8. The third-order valence-electron chi connectivity index (χ3n) is 2.67. The van der Waals surface area contributed by atoms with Gasteiger partial charge < -0.3 is 9.84 Å². The van der Waals surface area contributed by atoms with Gasteiger partial charge in [-0.25, -0.2) is 14.3 Å². The molecule has 0 unspecified atom stereocenters. The fraction of sp³-hybridized carbons (Fsp3) is 0.300. The number of aromatic nitrogens is 3. The number of ether oxygens (including phenoxy) is 1. The van der Waals surface area contributed by atoms with E-state index in [1.54, 1.807) is 0 Å². The van der Waals surface area contributed by atoms with Crippen LogP contribution < -0.4 is 0 Å². The predicted octanol–water partition coefficient (Wildman–Crippen LogP) is 1.15. The highest BCUT2D eigenvalue weighted by molar-refractivity contribution is 6.30. The molecule has 1 N–H and O–H groups in total. The molecule has 2 aromatic heterocycles. The summed E-state index contributed by atoms with van der Waals surface area (Å²) in [5, 5.41) is 13.1. The fourth-order valence-corrected chi connectivity index (χ4v) is 2.13. The maximum absolute atomic E-state index is 10.8. The van der Waals surface area contributed by atoms with Gasteiger partial charge in [0.2, 0.25) is 0 Å². The number of carbonyl (C=O) groups is 1. The minimum absolute atomic E-state index is 0.0670. The van der Waals surface area contributed by atoms with Gasteiger partial charge in [0.1, 0.15) is 5.15 Å². The molecule has 7 heteroatoms. The number of aromatic carboxylic acids is 1. The summed E-state index contributed by atoms with van der Waals surface area (Å²) in [6, 6.07) is 1.41. The molecule has 0 aliphatic carbocycles. The highest BCUT2D eigenvalue weighted by Gasteiger charge is 2.20. The Morgan fingerprint density at radius 2 is 2.41 bits per heavy atom. The SMILES string of the molecule is O=C(O)c1cc2nc3c(c(Cl)n2n1)COCC3. The molecule has 0 amide bonds. The molecule has 0 saturated heterocycles. The van der Waals surface area contributed by atoms with Crippen molar-refractivity contribution in [2.24, 2.45) is 0 Å². The third-order valence-corrected chi connectivity index (χ3v) is 3.06. The summed E-state index contributed by atoms with van der Waals surface area (Å²) in [5.41, 5.74) is 2.02. The molecular weight excluding hydrogens is 246 g/mol. The van der Waals surface area contributed by atoms with Gasteiger partial charge in [-0.05, 0) is 0 Å². The van der Waals surface area contributed by atoms with Crippen LogP contribution in [0.4, 0.5) is 0 Å². The van der Waals surface area contributed by atoms with E-state index in [1.807, 2.05) is 0 Å². The molecule has 3 rings (SSSR count). The summed E-state index contributed by atoms with van der Waals surface area (Å²) in [6.45, 7) is 0.992. The van der Waals surface area contributed by atoms with Crippen LogP contribution in [-0.4, -0.2) is 32.3 Å². The van der Waals surface area contributed by atoms with E-state index in [0.29, 0.717) is 30.4 Å². The molecule has 0 radical (unpaired) electrons. The smallest absolute Gasteiger partial charge is 0.356 e. The molecule has 88 valence electrons. The monoisotopic (exact) mass is 253 g/mol. The number of fused-ring (bicyclic) bond motifs is 2. The summed E-state index contributed by atoms with van der Waals surface area (Å²) in [4.78, 5) is 15.2. The molecule has 3 heterocycles. The number of carboxylic acid groups (broad SMARTS) is 1. The molecule has 2 aromatic rings. The van der Waals surface area contributed by atoms with Gasteiger partial charge in [0.15, 0.2) is 11.3 Å². The van der Waals surface area contributed by atoms with Gasteiger partial charge >= 0.3 is 5.97 Å². The summed E-state index contributed by atoms with van der Waals surface area (Å²) in [5.74, 6) is -1.10. The normalized spacial score (nSPS) is 14.9. The Labute approximate surface area is 101 Å². The topological polar surface area (TPSA) is 76.7 Å². The molecule has 0 fully saturated rings. The average molecular weight is 254 g/mol. The Morgan fingerprint density at radius 1 is 1.59 bits per heavy atom. The Morgan fingerprint density at radius 3 is 3.18 bits per heavy atom. The zero-order valence-corrected chi connectivity index (χ0v) is 9.44. The number of halogens is 1. The van der Waals surface area contributed by atoms with E-state index in [2.05, 4.69) is 10.1 Å². The zero-order chi connectivity index (χ0) is 12.0. The van der Waals surface area contributed by atoms with Crippen LogP contribution in [0.3, 0.4) is 0 Å². The lowest BCUT2D eigenvalue weighted by Gasteiger charge is -2.16. The Hall–Kier alpha value is -1.66. The first-order valence-corrected chi connectivity index (χ1v) is 5.42. The molecule has 1 aliphatic rings. The van der Waals surface area contributed by atoms with Crippen LogP contribution in [0.25, 0.3) is 5.65 Å². The van der Waals surface area contributed by atoms with Crippen molar-refractivity contribution < 1.29 is 14.6 Å². The first-order valence-electron chi connectivity index (χ1n) is 5.05. The first-order chi connectivity index (χ1) is 8.16. The van der Waals surface area contributed by atoms with E-state index in [9.17, 15) is 4.79 Å². The fourth-order valence-electron chi connectivity index (χ4n) is 1.85. The van der Waals surface area contributed by atoms with Crippen LogP contribution >= 0.6 is 11.6 Å². The standard InChI is InChI=1S/C10H8ClN3O3/c11-9-5-4-17-2-1-6(5)12-8-3-7(10(15)16)13-14(8)9/h3H,1-2,4H2,(H,15,16). The number of hydrogen-bond acceptors (Lipinski definition) is 4. The van der Waals surface area contributed by atoms with Crippen LogP contribution in [0.2, 0.25) is 5.15 Å². The van der Waals surface area contributed by atoms with E-state index in [4.69, 9.17) is 21.4 Å². The Bertz CT molecular complexity index is 623. The summed E-state index contributed by atoms with van der Waals surface area (Å²) in [7, 11) is 0. The summed E-state index contributed by atoms with van der Waals surface area (Å²) < 4.78 is 6.63. The predicted molar refractivity (Wildman–Crippen MR) is 58.3 cm³/mol. The van der Waals surface area contributed by atoms with Gasteiger partial charge in [0.05, 0.1) is 18.9 Å². The number of hydrogen-bond donors (Lipinski definition) is 1. The minimum Gasteiger partial charge on any atom is -0.476 e. The van der Waals surface area contributed by atoms with E-state index >= 15 is 0 Å². The first kappa shape index (κ1) is 10.5. The lowest BCUT2D eigenvalue weighted by molar-refractivity contribution is 0.0690. The van der Waals surface area contributed by atoms with Crippen molar-refractivity contribution in [3.05, 3.63) is 28.2 Å². The van der Waals surface area contributed by atoms with Gasteiger partial charge in [-0.15, -0.1) is 0 Å². The molecule has 0 bridgehead atoms. The Kier molecular flexibility index (Phi) is 2.27. The quantitative estimate of drug-likeness (QED) is 0.772. The van der Waals surface area contributed by atoms with Gasteiger partial charge in [-0.3, -0.25) is 0 Å². The van der Waals surface area contributed by atoms with Crippen molar-refractivity contribution in [2.45, 2.75) is 13.0 Å².